The van der Waals surface area contributed by atoms with Crippen molar-refractivity contribution in [1.29, 1.82) is 0 Å². The summed E-state index contributed by atoms with van der Waals surface area (Å²) >= 11 is 0. The van der Waals surface area contributed by atoms with E-state index in [9.17, 15) is 0 Å². The van der Waals surface area contributed by atoms with Crippen molar-refractivity contribution in [3.05, 3.63) is 37.0 Å². The summed E-state index contributed by atoms with van der Waals surface area (Å²) in [7, 11) is 0. The molecule has 1 heterocycles. The van der Waals surface area contributed by atoms with Gasteiger partial charge in [0.15, 0.2) is 0 Å². The van der Waals surface area contributed by atoms with Crippen molar-refractivity contribution < 1.29 is 0 Å². The standard InChI is InChI=1S/C13H21N/c1-5-7-12(6-2)13-9-14-11(4)8-10(13)3/h5-7,10-11,13-14H,1-2,8-9H2,3-4H3/b12-7+. The summed E-state index contributed by atoms with van der Waals surface area (Å²) in [6.07, 6.45) is 7.13. The van der Waals surface area contributed by atoms with E-state index < -0.39 is 0 Å². The van der Waals surface area contributed by atoms with Crippen molar-refractivity contribution in [2.45, 2.75) is 26.3 Å². The van der Waals surface area contributed by atoms with E-state index in [-0.39, 0.29) is 0 Å². The van der Waals surface area contributed by atoms with Gasteiger partial charge in [-0.05, 0) is 30.8 Å². The Hall–Kier alpha value is -0.820. The van der Waals surface area contributed by atoms with E-state index in [1.807, 2.05) is 12.2 Å². The molecule has 3 unspecified atom stereocenters. The van der Waals surface area contributed by atoms with Crippen molar-refractivity contribution in [3.8, 4) is 0 Å². The van der Waals surface area contributed by atoms with Gasteiger partial charge in [0.25, 0.3) is 0 Å². The van der Waals surface area contributed by atoms with Crippen molar-refractivity contribution in [3.63, 3.8) is 0 Å². The van der Waals surface area contributed by atoms with Gasteiger partial charge in [-0.15, -0.1) is 0 Å². The third-order valence-corrected chi connectivity index (χ3v) is 3.07. The van der Waals surface area contributed by atoms with Crippen LogP contribution in [0, 0.1) is 11.8 Å². The minimum Gasteiger partial charge on any atom is -0.314 e. The van der Waals surface area contributed by atoms with Gasteiger partial charge in [0.1, 0.15) is 0 Å². The molecule has 1 saturated heterocycles. The molecule has 1 fully saturated rings. The minimum atomic E-state index is 0.599. The largest absolute Gasteiger partial charge is 0.314 e. The lowest BCUT2D eigenvalue weighted by atomic mass is 9.80. The summed E-state index contributed by atoms with van der Waals surface area (Å²) < 4.78 is 0. The molecule has 0 spiro atoms. The van der Waals surface area contributed by atoms with Gasteiger partial charge in [0, 0.05) is 12.6 Å². The first-order chi connectivity index (χ1) is 6.69. The van der Waals surface area contributed by atoms with Crippen LogP contribution >= 0.6 is 0 Å². The van der Waals surface area contributed by atoms with Crippen LogP contribution in [0.1, 0.15) is 20.3 Å². The molecule has 0 radical (unpaired) electrons. The van der Waals surface area contributed by atoms with Gasteiger partial charge in [-0.2, -0.15) is 0 Å². The lowest BCUT2D eigenvalue weighted by Crippen LogP contribution is -2.41. The van der Waals surface area contributed by atoms with Crippen LogP contribution in [0.25, 0.3) is 0 Å². The van der Waals surface area contributed by atoms with Crippen LogP contribution in [0.4, 0.5) is 0 Å². The highest BCUT2D eigenvalue weighted by Gasteiger charge is 2.26. The number of rotatable bonds is 3. The normalized spacial score (nSPS) is 33.9. The topological polar surface area (TPSA) is 12.0 Å². The van der Waals surface area contributed by atoms with E-state index in [0.29, 0.717) is 12.0 Å². The van der Waals surface area contributed by atoms with Gasteiger partial charge in [-0.1, -0.05) is 38.3 Å². The summed E-state index contributed by atoms with van der Waals surface area (Å²) in [5.74, 6) is 1.33. The Morgan fingerprint density at radius 3 is 2.57 bits per heavy atom. The third kappa shape index (κ3) is 2.58. The first-order valence-corrected chi connectivity index (χ1v) is 5.37. The predicted octanol–water partition coefficient (Wildman–Crippen LogP) is 2.92. The highest BCUT2D eigenvalue weighted by molar-refractivity contribution is 5.25. The number of hydrogen-bond acceptors (Lipinski definition) is 1. The van der Waals surface area contributed by atoms with Crippen molar-refractivity contribution >= 4 is 0 Å². The zero-order chi connectivity index (χ0) is 10.6. The van der Waals surface area contributed by atoms with E-state index in [0.717, 1.165) is 12.5 Å². The monoisotopic (exact) mass is 191 g/mol. The molecule has 0 aromatic rings. The van der Waals surface area contributed by atoms with Crippen molar-refractivity contribution in [2.24, 2.45) is 11.8 Å². The molecule has 0 aromatic carbocycles. The van der Waals surface area contributed by atoms with E-state index >= 15 is 0 Å². The quantitative estimate of drug-likeness (QED) is 0.676. The smallest absolute Gasteiger partial charge is 0.00417 e. The van der Waals surface area contributed by atoms with Crippen molar-refractivity contribution in [1.82, 2.24) is 5.32 Å². The first kappa shape index (κ1) is 11.3. The number of allylic oxidation sites excluding steroid dienone is 3. The molecule has 3 atom stereocenters. The zero-order valence-corrected chi connectivity index (χ0v) is 9.29. The maximum absolute atomic E-state index is 3.86. The second-order valence-electron chi connectivity index (χ2n) is 4.24. The number of hydrogen-bond donors (Lipinski definition) is 1. The molecule has 1 aliphatic heterocycles. The lowest BCUT2D eigenvalue weighted by molar-refractivity contribution is 0.267. The number of piperidine rings is 1. The van der Waals surface area contributed by atoms with Crippen LogP contribution in [0.15, 0.2) is 37.0 Å². The van der Waals surface area contributed by atoms with Crippen LogP contribution in [0.3, 0.4) is 0 Å². The SMILES string of the molecule is C=C/C=C(\C=C)C1CNC(C)CC1C. The summed E-state index contributed by atoms with van der Waals surface area (Å²) in [5, 5.41) is 3.51. The lowest BCUT2D eigenvalue weighted by Gasteiger charge is -2.34. The maximum atomic E-state index is 3.86. The molecule has 1 heteroatoms. The van der Waals surface area contributed by atoms with Gasteiger partial charge in [-0.3, -0.25) is 0 Å². The molecule has 0 aromatic heterocycles. The molecular weight excluding hydrogens is 170 g/mol. The average molecular weight is 191 g/mol. The fourth-order valence-electron chi connectivity index (χ4n) is 2.26. The molecule has 1 rings (SSSR count). The van der Waals surface area contributed by atoms with Gasteiger partial charge >= 0.3 is 0 Å². The van der Waals surface area contributed by atoms with Crippen LogP contribution in [0.5, 0.6) is 0 Å². The molecule has 0 saturated carbocycles. The molecular formula is C13H21N. The first-order valence-electron chi connectivity index (χ1n) is 5.37. The molecule has 14 heavy (non-hydrogen) atoms. The molecule has 0 bridgehead atoms. The Morgan fingerprint density at radius 1 is 1.36 bits per heavy atom. The number of nitrogens with one attached hydrogen (secondary N) is 1. The Balaban J connectivity index is 2.71. The van der Waals surface area contributed by atoms with Crippen LogP contribution < -0.4 is 5.32 Å². The van der Waals surface area contributed by atoms with E-state index in [4.69, 9.17) is 0 Å². The second-order valence-corrected chi connectivity index (χ2v) is 4.24. The molecule has 1 N–H and O–H groups in total. The van der Waals surface area contributed by atoms with Crippen LogP contribution in [0.2, 0.25) is 0 Å². The van der Waals surface area contributed by atoms with Gasteiger partial charge < -0.3 is 5.32 Å². The Bertz CT molecular complexity index is 240. The highest BCUT2D eigenvalue weighted by atomic mass is 14.9. The molecule has 0 amide bonds. The molecule has 0 aliphatic carbocycles. The van der Waals surface area contributed by atoms with E-state index in [1.165, 1.54) is 12.0 Å². The fraction of sp³-hybridized carbons (Fsp3) is 0.538. The molecule has 78 valence electrons. The molecule has 1 aliphatic rings. The summed E-state index contributed by atoms with van der Waals surface area (Å²) in [6.45, 7) is 13.2. The van der Waals surface area contributed by atoms with Crippen LogP contribution in [-0.2, 0) is 0 Å². The fourth-order valence-corrected chi connectivity index (χ4v) is 2.26. The van der Waals surface area contributed by atoms with Crippen molar-refractivity contribution in [2.75, 3.05) is 6.54 Å². The third-order valence-electron chi connectivity index (χ3n) is 3.07. The average Bonchev–Trinajstić information content (AvgIpc) is 2.15. The summed E-state index contributed by atoms with van der Waals surface area (Å²) in [5.41, 5.74) is 1.31. The van der Waals surface area contributed by atoms with Gasteiger partial charge in [0.05, 0.1) is 0 Å². The van der Waals surface area contributed by atoms with Gasteiger partial charge in [-0.25, -0.2) is 0 Å². The highest BCUT2D eigenvalue weighted by Crippen LogP contribution is 2.28. The summed E-state index contributed by atoms with van der Waals surface area (Å²) in [6, 6.07) is 0.649. The Morgan fingerprint density at radius 2 is 2.07 bits per heavy atom. The van der Waals surface area contributed by atoms with E-state index in [1.54, 1.807) is 0 Å². The van der Waals surface area contributed by atoms with Gasteiger partial charge in [0.2, 0.25) is 0 Å². The Kier molecular flexibility index (Phi) is 4.15. The van der Waals surface area contributed by atoms with Crippen LogP contribution in [-0.4, -0.2) is 12.6 Å². The molecule has 1 nitrogen and oxygen atoms in total. The minimum absolute atomic E-state index is 0.599. The predicted molar refractivity (Wildman–Crippen MR) is 63.2 cm³/mol. The maximum Gasteiger partial charge on any atom is 0.00417 e. The second kappa shape index (κ2) is 5.16. The summed E-state index contributed by atoms with van der Waals surface area (Å²) in [4.78, 5) is 0. The van der Waals surface area contributed by atoms with E-state index in [2.05, 4.69) is 38.4 Å². The zero-order valence-electron chi connectivity index (χ0n) is 9.29. The Labute approximate surface area is 87.6 Å².